The minimum Gasteiger partial charge on any atom is -0.507 e. The maximum absolute atomic E-state index is 9.43. The largest absolute Gasteiger partial charge is 0.507 e. The lowest BCUT2D eigenvalue weighted by atomic mass is 10.2. The van der Waals surface area contributed by atoms with Gasteiger partial charge in [0.25, 0.3) is 0 Å². The van der Waals surface area contributed by atoms with Crippen molar-refractivity contribution < 1.29 is 9.84 Å². The van der Waals surface area contributed by atoms with Crippen LogP contribution in [0.1, 0.15) is 5.56 Å². The van der Waals surface area contributed by atoms with Gasteiger partial charge in [-0.25, -0.2) is 4.99 Å². The Morgan fingerprint density at radius 2 is 2.23 bits per heavy atom. The molecule has 3 nitrogen and oxygen atoms in total. The van der Waals surface area contributed by atoms with E-state index in [1.54, 1.807) is 18.2 Å². The molecule has 1 aromatic rings. The number of phenolic OH excluding ortho intramolecular Hbond substituents is 1. The highest BCUT2D eigenvalue weighted by atomic mass is 16.5. The number of para-hydroxylation sites is 1. The number of benzene rings is 1. The quantitative estimate of drug-likeness (QED) is 0.707. The van der Waals surface area contributed by atoms with Crippen LogP contribution >= 0.6 is 0 Å². The molecule has 3 heteroatoms. The Morgan fingerprint density at radius 3 is 2.92 bits per heavy atom. The zero-order valence-electron chi connectivity index (χ0n) is 6.97. The maximum Gasteiger partial charge on any atom is 0.174 e. The zero-order chi connectivity index (χ0) is 9.10. The lowest BCUT2D eigenvalue weighted by Gasteiger charge is -1.97. The van der Waals surface area contributed by atoms with Gasteiger partial charge in [-0.2, -0.15) is 0 Å². The van der Waals surface area contributed by atoms with Crippen LogP contribution in [-0.4, -0.2) is 18.1 Å². The third-order valence-electron chi connectivity index (χ3n) is 1.78. The molecule has 0 spiro atoms. The third-order valence-corrected chi connectivity index (χ3v) is 1.78. The van der Waals surface area contributed by atoms with Crippen molar-refractivity contribution >= 4 is 12.5 Å². The minimum absolute atomic E-state index is 0.261. The number of hydrogen-bond acceptors (Lipinski definition) is 3. The van der Waals surface area contributed by atoms with E-state index in [9.17, 15) is 5.11 Å². The van der Waals surface area contributed by atoms with Crippen molar-refractivity contribution in [2.75, 3.05) is 6.61 Å². The SMILES string of the molecule is Oc1ccccc1C=C1COC=N1. The second-order valence-electron chi connectivity index (χ2n) is 2.74. The average Bonchev–Trinajstić information content (AvgIpc) is 2.61. The summed E-state index contributed by atoms with van der Waals surface area (Å²) in [5, 5.41) is 9.43. The Bertz CT molecular complexity index is 369. The van der Waals surface area contributed by atoms with E-state index in [4.69, 9.17) is 4.74 Å². The summed E-state index contributed by atoms with van der Waals surface area (Å²) in [6.45, 7) is 0.480. The van der Waals surface area contributed by atoms with Crippen molar-refractivity contribution in [2.24, 2.45) is 4.99 Å². The van der Waals surface area contributed by atoms with Gasteiger partial charge in [-0.1, -0.05) is 18.2 Å². The highest BCUT2D eigenvalue weighted by molar-refractivity contribution is 5.63. The third kappa shape index (κ3) is 1.69. The van der Waals surface area contributed by atoms with Crippen molar-refractivity contribution in [3.05, 3.63) is 35.5 Å². The minimum atomic E-state index is 0.261. The summed E-state index contributed by atoms with van der Waals surface area (Å²) in [5.41, 5.74) is 1.58. The van der Waals surface area contributed by atoms with Gasteiger partial charge < -0.3 is 9.84 Å². The smallest absolute Gasteiger partial charge is 0.174 e. The van der Waals surface area contributed by atoms with Crippen LogP contribution in [0.2, 0.25) is 0 Å². The van der Waals surface area contributed by atoms with E-state index in [0.29, 0.717) is 6.61 Å². The van der Waals surface area contributed by atoms with Crippen molar-refractivity contribution in [1.82, 2.24) is 0 Å². The molecule has 0 fully saturated rings. The molecule has 1 aliphatic rings. The van der Waals surface area contributed by atoms with Crippen molar-refractivity contribution in [3.63, 3.8) is 0 Å². The first kappa shape index (κ1) is 7.86. The first-order valence-corrected chi connectivity index (χ1v) is 3.99. The zero-order valence-corrected chi connectivity index (χ0v) is 6.97. The maximum atomic E-state index is 9.43. The normalized spacial score (nSPS) is 17.7. The number of nitrogens with zero attached hydrogens (tertiary/aromatic N) is 1. The molecule has 2 rings (SSSR count). The molecule has 0 aliphatic carbocycles. The van der Waals surface area contributed by atoms with E-state index in [-0.39, 0.29) is 5.75 Å². The van der Waals surface area contributed by atoms with Gasteiger partial charge in [0.15, 0.2) is 6.40 Å². The Hall–Kier alpha value is -1.77. The van der Waals surface area contributed by atoms with E-state index in [1.165, 1.54) is 6.40 Å². The number of phenols is 1. The summed E-state index contributed by atoms with van der Waals surface area (Å²) in [7, 11) is 0. The molecule has 1 aromatic carbocycles. The summed E-state index contributed by atoms with van der Waals surface area (Å²) in [6.07, 6.45) is 3.21. The van der Waals surface area contributed by atoms with Crippen LogP contribution < -0.4 is 0 Å². The summed E-state index contributed by atoms with van der Waals surface area (Å²) in [5.74, 6) is 0.261. The van der Waals surface area contributed by atoms with Gasteiger partial charge in [0, 0.05) is 5.56 Å². The van der Waals surface area contributed by atoms with Gasteiger partial charge in [0.1, 0.15) is 12.4 Å². The summed E-state index contributed by atoms with van der Waals surface area (Å²) in [6, 6.07) is 7.12. The van der Waals surface area contributed by atoms with Crippen LogP contribution in [-0.2, 0) is 4.74 Å². The standard InChI is InChI=1S/C10H9NO2/c12-10-4-2-1-3-8(10)5-9-6-13-7-11-9/h1-5,7,12H,6H2. The van der Waals surface area contributed by atoms with Gasteiger partial charge in [-0.05, 0) is 12.1 Å². The molecular weight excluding hydrogens is 166 g/mol. The molecule has 0 atom stereocenters. The number of aliphatic imine (C=N–C) groups is 1. The van der Waals surface area contributed by atoms with Crippen LogP contribution in [0.25, 0.3) is 6.08 Å². The molecule has 0 bridgehead atoms. The second-order valence-corrected chi connectivity index (χ2v) is 2.74. The van der Waals surface area contributed by atoms with Crippen molar-refractivity contribution in [3.8, 4) is 5.75 Å². The molecule has 1 heterocycles. The van der Waals surface area contributed by atoms with E-state index >= 15 is 0 Å². The fourth-order valence-electron chi connectivity index (χ4n) is 1.13. The topological polar surface area (TPSA) is 41.8 Å². The first-order valence-electron chi connectivity index (χ1n) is 3.99. The Kier molecular flexibility index (Phi) is 2.00. The van der Waals surface area contributed by atoms with Crippen LogP contribution in [0, 0.1) is 0 Å². The summed E-state index contributed by atoms with van der Waals surface area (Å²) >= 11 is 0. The lowest BCUT2D eigenvalue weighted by molar-refractivity contribution is 0.379. The Labute approximate surface area is 76.0 Å². The monoisotopic (exact) mass is 175 g/mol. The molecule has 1 aliphatic heterocycles. The number of hydrogen-bond donors (Lipinski definition) is 1. The Morgan fingerprint density at radius 1 is 1.38 bits per heavy atom. The van der Waals surface area contributed by atoms with E-state index in [2.05, 4.69) is 4.99 Å². The van der Waals surface area contributed by atoms with Gasteiger partial charge in [0.05, 0.1) is 5.70 Å². The number of ether oxygens (including phenoxy) is 1. The molecule has 0 radical (unpaired) electrons. The molecule has 66 valence electrons. The lowest BCUT2D eigenvalue weighted by Crippen LogP contribution is -1.83. The van der Waals surface area contributed by atoms with Crippen LogP contribution in [0.5, 0.6) is 5.75 Å². The molecule has 1 N–H and O–H groups in total. The number of rotatable bonds is 1. The van der Waals surface area contributed by atoms with Gasteiger partial charge >= 0.3 is 0 Å². The van der Waals surface area contributed by atoms with E-state index in [1.807, 2.05) is 12.1 Å². The van der Waals surface area contributed by atoms with E-state index < -0.39 is 0 Å². The molecule has 13 heavy (non-hydrogen) atoms. The van der Waals surface area contributed by atoms with Crippen LogP contribution in [0.3, 0.4) is 0 Å². The van der Waals surface area contributed by atoms with Crippen molar-refractivity contribution in [1.29, 1.82) is 0 Å². The molecule has 0 saturated heterocycles. The number of aromatic hydroxyl groups is 1. The fraction of sp³-hybridized carbons (Fsp3) is 0.100. The molecule has 0 unspecified atom stereocenters. The average molecular weight is 175 g/mol. The Balaban J connectivity index is 2.31. The van der Waals surface area contributed by atoms with E-state index in [0.717, 1.165) is 11.3 Å². The molecule has 0 aromatic heterocycles. The highest BCUT2D eigenvalue weighted by Gasteiger charge is 2.03. The highest BCUT2D eigenvalue weighted by Crippen LogP contribution is 2.20. The van der Waals surface area contributed by atoms with Crippen LogP contribution in [0.4, 0.5) is 0 Å². The predicted molar refractivity (Wildman–Crippen MR) is 50.5 cm³/mol. The van der Waals surface area contributed by atoms with Gasteiger partial charge in [0.2, 0.25) is 0 Å². The van der Waals surface area contributed by atoms with Gasteiger partial charge in [-0.15, -0.1) is 0 Å². The summed E-state index contributed by atoms with van der Waals surface area (Å²) < 4.78 is 4.93. The van der Waals surface area contributed by atoms with Gasteiger partial charge in [-0.3, -0.25) is 0 Å². The second kappa shape index (κ2) is 3.31. The summed E-state index contributed by atoms with van der Waals surface area (Å²) in [4.78, 5) is 3.97. The first-order chi connectivity index (χ1) is 6.36. The predicted octanol–water partition coefficient (Wildman–Crippen LogP) is 1.79. The fourth-order valence-corrected chi connectivity index (χ4v) is 1.13. The van der Waals surface area contributed by atoms with Crippen molar-refractivity contribution in [2.45, 2.75) is 0 Å². The van der Waals surface area contributed by atoms with Crippen LogP contribution in [0.15, 0.2) is 35.0 Å². The molecule has 0 amide bonds. The molecular formula is C10H9NO2. The molecule has 0 saturated carbocycles.